The molecule has 4 aliphatic rings. The summed E-state index contributed by atoms with van der Waals surface area (Å²) in [5.41, 5.74) is 0. The van der Waals surface area contributed by atoms with E-state index in [1.165, 1.54) is 4.31 Å². The van der Waals surface area contributed by atoms with Crippen molar-refractivity contribution in [1.82, 2.24) is 12.9 Å². The van der Waals surface area contributed by atoms with Crippen molar-refractivity contribution in [3.8, 4) is 0 Å². The van der Waals surface area contributed by atoms with Gasteiger partial charge in [0.25, 0.3) is 0 Å². The summed E-state index contributed by atoms with van der Waals surface area (Å²) < 4.78 is 108. The first-order valence-electron chi connectivity index (χ1n) is 10.6. The lowest BCUT2D eigenvalue weighted by Gasteiger charge is -2.33. The predicted octanol–water partition coefficient (Wildman–Crippen LogP) is -2.34. The Labute approximate surface area is 202 Å². The highest BCUT2D eigenvalue weighted by molar-refractivity contribution is 7.91. The maximum atomic E-state index is 11.7. The summed E-state index contributed by atoms with van der Waals surface area (Å²) in [6.45, 7) is 1.25. The van der Waals surface area contributed by atoms with Gasteiger partial charge in [-0.1, -0.05) is 0 Å². The van der Waals surface area contributed by atoms with E-state index in [1.807, 2.05) is 0 Å². The molecule has 0 radical (unpaired) electrons. The average molecular weight is 572 g/mol. The summed E-state index contributed by atoms with van der Waals surface area (Å²) in [5.74, 6) is 0.493. The molecule has 34 heavy (non-hydrogen) atoms. The van der Waals surface area contributed by atoms with Crippen molar-refractivity contribution in [2.75, 3.05) is 88.9 Å². The molecule has 18 heteroatoms. The second kappa shape index (κ2) is 12.7. The van der Waals surface area contributed by atoms with Gasteiger partial charge in [-0.15, -0.1) is 0 Å². The molecule has 0 atom stereocenters. The molecular formula is C16H33N3O11S4. The van der Waals surface area contributed by atoms with E-state index in [0.29, 0.717) is 25.5 Å². The van der Waals surface area contributed by atoms with E-state index in [-0.39, 0.29) is 56.4 Å². The van der Waals surface area contributed by atoms with Crippen LogP contribution >= 0.6 is 0 Å². The van der Waals surface area contributed by atoms with Crippen molar-refractivity contribution < 1.29 is 47.9 Å². The Hall–Kier alpha value is -0.440. The van der Waals surface area contributed by atoms with Gasteiger partial charge < -0.3 is 14.2 Å². The van der Waals surface area contributed by atoms with Crippen molar-refractivity contribution in [3.63, 3.8) is 0 Å². The highest BCUT2D eigenvalue weighted by Crippen LogP contribution is 2.14. The lowest BCUT2D eigenvalue weighted by molar-refractivity contribution is 0.0159. The Morgan fingerprint density at radius 2 is 1.06 bits per heavy atom. The van der Waals surface area contributed by atoms with Crippen LogP contribution in [0.25, 0.3) is 0 Å². The van der Waals surface area contributed by atoms with E-state index in [0.717, 1.165) is 21.5 Å². The van der Waals surface area contributed by atoms with E-state index in [9.17, 15) is 33.7 Å². The second-order valence-electron chi connectivity index (χ2n) is 7.86. The molecule has 0 aromatic rings. The Balaban J connectivity index is 0.000000201. The fourth-order valence-corrected chi connectivity index (χ4v) is 7.59. The first-order chi connectivity index (χ1) is 15.8. The molecule has 4 aliphatic heterocycles. The fourth-order valence-electron chi connectivity index (χ4n) is 3.00. The Bertz CT molecular complexity index is 1020. The van der Waals surface area contributed by atoms with Crippen LogP contribution in [0.2, 0.25) is 0 Å². The standard InChI is InChI=1S/C7H14N2O6S2.C5H11NO2S.C4H8O3S/c10-16(11)3-1-14-6-8(16)5-9-7-15-2-4-17(9,12)13;1-6-4-2-3-5-9(6,7)8;5-8(6)3-1-7-2-4-8/h1-7H2;2-5H2,1H3;1-4H2. The highest BCUT2D eigenvalue weighted by Gasteiger charge is 2.34. The number of hydrogen-bond acceptors (Lipinski definition) is 11. The van der Waals surface area contributed by atoms with Gasteiger partial charge in [-0.2, -0.15) is 8.61 Å². The minimum Gasteiger partial charge on any atom is -0.379 e. The maximum Gasteiger partial charge on any atom is 0.219 e. The van der Waals surface area contributed by atoms with Crippen LogP contribution < -0.4 is 0 Å². The lowest BCUT2D eigenvalue weighted by atomic mass is 10.3. The van der Waals surface area contributed by atoms with Crippen molar-refractivity contribution in [2.45, 2.75) is 12.8 Å². The molecule has 202 valence electrons. The molecule has 4 heterocycles. The van der Waals surface area contributed by atoms with Crippen LogP contribution in [0.3, 0.4) is 0 Å². The maximum absolute atomic E-state index is 11.7. The zero-order chi connectivity index (χ0) is 25.5. The molecule has 0 spiro atoms. The monoisotopic (exact) mass is 571 g/mol. The van der Waals surface area contributed by atoms with Crippen molar-refractivity contribution in [2.24, 2.45) is 0 Å². The van der Waals surface area contributed by atoms with E-state index >= 15 is 0 Å². The number of ether oxygens (including phenoxy) is 3. The highest BCUT2D eigenvalue weighted by atomic mass is 32.2. The molecule has 14 nitrogen and oxygen atoms in total. The van der Waals surface area contributed by atoms with Gasteiger partial charge in [0, 0.05) is 13.6 Å². The molecule has 0 aromatic heterocycles. The Morgan fingerprint density at radius 3 is 1.38 bits per heavy atom. The number of sulfonamides is 3. The number of rotatable bonds is 2. The summed E-state index contributed by atoms with van der Waals surface area (Å²) in [4.78, 5) is 0. The predicted molar refractivity (Wildman–Crippen MR) is 123 cm³/mol. The molecular weight excluding hydrogens is 538 g/mol. The smallest absolute Gasteiger partial charge is 0.219 e. The molecule has 0 bridgehead atoms. The molecule has 0 saturated carbocycles. The van der Waals surface area contributed by atoms with Gasteiger partial charge in [-0.3, -0.25) is 0 Å². The number of hydrogen-bond donors (Lipinski definition) is 0. The zero-order valence-corrected chi connectivity index (χ0v) is 22.3. The largest absolute Gasteiger partial charge is 0.379 e. The van der Waals surface area contributed by atoms with Crippen LogP contribution in [-0.2, 0) is 54.1 Å². The Morgan fingerprint density at radius 1 is 0.588 bits per heavy atom. The summed E-state index contributed by atoms with van der Waals surface area (Å²) >= 11 is 0. The molecule has 0 aromatic carbocycles. The van der Waals surface area contributed by atoms with E-state index < -0.39 is 39.9 Å². The van der Waals surface area contributed by atoms with Crippen LogP contribution in [-0.4, -0.2) is 136 Å². The van der Waals surface area contributed by atoms with Gasteiger partial charge in [-0.05, 0) is 12.8 Å². The summed E-state index contributed by atoms with van der Waals surface area (Å²) in [6.07, 6.45) is 1.84. The Kier molecular flexibility index (Phi) is 11.1. The second-order valence-corrected chi connectivity index (χ2v) is 16.5. The van der Waals surface area contributed by atoms with Gasteiger partial charge in [0.15, 0.2) is 9.84 Å². The van der Waals surface area contributed by atoms with Crippen molar-refractivity contribution in [3.05, 3.63) is 0 Å². The minimum atomic E-state index is -3.43. The quantitative estimate of drug-likeness (QED) is 0.347. The SMILES string of the molecule is CN1CCCCS1(=O)=O.O=S1(=O)CCOCC1.O=S1(=O)CCOCN1CN1COCCS1(=O)=O. The van der Waals surface area contributed by atoms with Gasteiger partial charge in [0.2, 0.25) is 30.1 Å². The average Bonchev–Trinajstić information content (AvgIpc) is 2.74. The number of sulfone groups is 1. The third kappa shape index (κ3) is 9.55. The molecule has 0 N–H and O–H groups in total. The van der Waals surface area contributed by atoms with Crippen molar-refractivity contribution in [1.29, 1.82) is 0 Å². The van der Waals surface area contributed by atoms with Gasteiger partial charge in [-0.25, -0.2) is 38.0 Å². The van der Waals surface area contributed by atoms with Gasteiger partial charge in [0.1, 0.15) is 13.5 Å². The zero-order valence-electron chi connectivity index (χ0n) is 19.1. The van der Waals surface area contributed by atoms with Crippen LogP contribution in [0.15, 0.2) is 0 Å². The molecule has 0 unspecified atom stereocenters. The molecule has 0 amide bonds. The normalized spacial score (nSPS) is 29.0. The summed E-state index contributed by atoms with van der Waals surface area (Å²) in [6, 6.07) is 0. The van der Waals surface area contributed by atoms with Crippen molar-refractivity contribution >= 4 is 39.9 Å². The molecule has 4 rings (SSSR count). The third-order valence-corrected chi connectivity index (χ3v) is 12.1. The minimum absolute atomic E-state index is 0.117. The topological polar surface area (TPSA) is 174 Å². The summed E-state index contributed by atoms with van der Waals surface area (Å²) in [5, 5.41) is 0. The van der Waals surface area contributed by atoms with Crippen LogP contribution in [0.1, 0.15) is 12.8 Å². The van der Waals surface area contributed by atoms with Crippen LogP contribution in [0.5, 0.6) is 0 Å². The van der Waals surface area contributed by atoms with Gasteiger partial charge in [0.05, 0.1) is 61.9 Å². The molecule has 0 aliphatic carbocycles. The van der Waals surface area contributed by atoms with E-state index in [1.54, 1.807) is 7.05 Å². The third-order valence-electron chi connectivity index (χ3n) is 5.22. The van der Waals surface area contributed by atoms with Crippen LogP contribution in [0.4, 0.5) is 0 Å². The number of nitrogens with zero attached hydrogens (tertiary/aromatic N) is 3. The van der Waals surface area contributed by atoms with E-state index in [2.05, 4.69) is 0 Å². The molecule has 4 fully saturated rings. The van der Waals surface area contributed by atoms with Crippen LogP contribution in [0, 0.1) is 0 Å². The molecule has 4 saturated heterocycles. The first-order valence-corrected chi connectivity index (χ1v) is 17.2. The summed E-state index contributed by atoms with van der Waals surface area (Å²) in [7, 11) is -10.8. The fraction of sp³-hybridized carbons (Fsp3) is 1.00. The lowest BCUT2D eigenvalue weighted by Crippen LogP contribution is -2.51. The first kappa shape index (κ1) is 29.8. The van der Waals surface area contributed by atoms with E-state index in [4.69, 9.17) is 14.2 Å². The van der Waals surface area contributed by atoms with Gasteiger partial charge >= 0.3 is 0 Å².